The van der Waals surface area contributed by atoms with Crippen molar-refractivity contribution in [2.75, 3.05) is 5.32 Å². The number of carbonyl (C=O) groups is 2. The topological polar surface area (TPSA) is 110 Å². The third-order valence-corrected chi connectivity index (χ3v) is 3.56. The van der Waals surface area contributed by atoms with Gasteiger partial charge in [-0.2, -0.15) is 8.75 Å². The van der Waals surface area contributed by atoms with Gasteiger partial charge in [0.25, 0.3) is 0 Å². The highest BCUT2D eigenvalue weighted by molar-refractivity contribution is 7.00. The van der Waals surface area contributed by atoms with Crippen LogP contribution in [0.15, 0.2) is 6.07 Å². The highest BCUT2D eigenvalue weighted by Crippen LogP contribution is 2.35. The average Bonchev–Trinajstić information content (AvgIpc) is 2.82. The van der Waals surface area contributed by atoms with Crippen LogP contribution in [-0.4, -0.2) is 26.7 Å². The van der Waals surface area contributed by atoms with E-state index in [2.05, 4.69) is 14.1 Å². The number of fused-ring (bicyclic) bond motifs is 1. The lowest BCUT2D eigenvalue weighted by atomic mass is 10.2. The fourth-order valence-corrected chi connectivity index (χ4v) is 2.69. The Morgan fingerprint density at radius 3 is 2.60 bits per heavy atom. The number of carbonyl (C=O) groups excluding carboxylic acids is 2. The van der Waals surface area contributed by atoms with Gasteiger partial charge >= 0.3 is 6.03 Å². The van der Waals surface area contributed by atoms with Gasteiger partial charge in [0.15, 0.2) is 0 Å². The Morgan fingerprint density at radius 1 is 1.30 bits per heavy atom. The number of halogens is 2. The van der Waals surface area contributed by atoms with E-state index in [-0.39, 0.29) is 0 Å². The van der Waals surface area contributed by atoms with Crippen LogP contribution in [0.4, 0.5) is 10.5 Å². The molecule has 0 saturated carbocycles. The highest BCUT2D eigenvalue weighted by Gasteiger charge is 2.19. The summed E-state index contributed by atoms with van der Waals surface area (Å²) in [5.41, 5.74) is 6.26. The predicted octanol–water partition coefficient (Wildman–Crippen LogP) is 1.99. The number of hydrogen-bond acceptors (Lipinski definition) is 6. The van der Waals surface area contributed by atoms with Gasteiger partial charge in [0.05, 0.1) is 27.5 Å². The lowest BCUT2D eigenvalue weighted by molar-refractivity contribution is -0.120. The number of urea groups is 1. The number of primary amides is 1. The maximum absolute atomic E-state index is 11.6. The second-order valence-electron chi connectivity index (χ2n) is 3.90. The number of nitrogens with two attached hydrogens (primary N) is 1. The summed E-state index contributed by atoms with van der Waals surface area (Å²) in [6.45, 7) is 1.55. The van der Waals surface area contributed by atoms with Gasteiger partial charge in [-0.05, 0) is 13.0 Å². The molecule has 0 radical (unpaired) electrons. The summed E-state index contributed by atoms with van der Waals surface area (Å²) in [4.78, 5) is 22.3. The zero-order chi connectivity index (χ0) is 14.9. The molecule has 1 unspecified atom stereocenters. The van der Waals surface area contributed by atoms with Crippen molar-refractivity contribution in [1.29, 1.82) is 0 Å². The minimum absolute atomic E-state index is 0.300. The molecule has 0 aliphatic carbocycles. The molecule has 7 nitrogen and oxygen atoms in total. The SMILES string of the molecule is CC(Nc1c(Cl)cc(Cl)c2nsnc12)C(=O)NC(N)=O. The Kier molecular flexibility index (Phi) is 4.26. The van der Waals surface area contributed by atoms with E-state index < -0.39 is 18.0 Å². The molecule has 0 bridgehead atoms. The largest absolute Gasteiger partial charge is 0.371 e. The summed E-state index contributed by atoms with van der Waals surface area (Å²) in [5.74, 6) is -0.583. The van der Waals surface area contributed by atoms with E-state index in [1.54, 1.807) is 6.92 Å². The van der Waals surface area contributed by atoms with E-state index in [1.165, 1.54) is 6.07 Å². The van der Waals surface area contributed by atoms with Gasteiger partial charge < -0.3 is 11.1 Å². The van der Waals surface area contributed by atoms with E-state index in [4.69, 9.17) is 28.9 Å². The third-order valence-electron chi connectivity index (χ3n) is 2.44. The standard InChI is InChI=1S/C10H9Cl2N5O2S/c1-3(9(18)15-10(13)19)14-6-4(11)2-5(12)7-8(6)17-20-16-7/h2-3,14H,1H3,(H3,13,15,18,19). The normalized spacial score (nSPS) is 12.2. The number of rotatable bonds is 3. The van der Waals surface area contributed by atoms with Crippen LogP contribution >= 0.6 is 34.9 Å². The molecule has 1 aromatic carbocycles. The van der Waals surface area contributed by atoms with Crippen LogP contribution in [0, 0.1) is 0 Å². The van der Waals surface area contributed by atoms with Crippen molar-refractivity contribution >= 4 is 63.6 Å². The second kappa shape index (κ2) is 5.78. The van der Waals surface area contributed by atoms with Crippen LogP contribution in [0.5, 0.6) is 0 Å². The van der Waals surface area contributed by atoms with Gasteiger partial charge in [-0.25, -0.2) is 4.79 Å². The molecular formula is C10H9Cl2N5O2S. The van der Waals surface area contributed by atoms with Crippen LogP contribution in [0.3, 0.4) is 0 Å². The van der Waals surface area contributed by atoms with Gasteiger partial charge in [-0.15, -0.1) is 0 Å². The zero-order valence-electron chi connectivity index (χ0n) is 10.1. The molecule has 2 rings (SSSR count). The Bertz CT molecular complexity index is 690. The predicted molar refractivity (Wildman–Crippen MR) is 78.2 cm³/mol. The molecule has 1 aromatic heterocycles. The van der Waals surface area contributed by atoms with Crippen LogP contribution in [0.2, 0.25) is 10.0 Å². The number of aromatic nitrogens is 2. The summed E-state index contributed by atoms with van der Waals surface area (Å²) in [7, 11) is 0. The highest BCUT2D eigenvalue weighted by atomic mass is 35.5. The van der Waals surface area contributed by atoms with Crippen LogP contribution in [-0.2, 0) is 4.79 Å². The molecule has 0 aliphatic heterocycles. The first kappa shape index (κ1) is 14.8. The minimum atomic E-state index is -0.925. The van der Waals surface area contributed by atoms with Gasteiger partial charge in [0, 0.05) is 0 Å². The number of nitrogens with zero attached hydrogens (tertiary/aromatic N) is 2. The van der Waals surface area contributed by atoms with Crippen molar-refractivity contribution in [2.45, 2.75) is 13.0 Å². The van der Waals surface area contributed by atoms with Crippen molar-refractivity contribution in [1.82, 2.24) is 14.1 Å². The fraction of sp³-hybridized carbons (Fsp3) is 0.200. The molecule has 10 heteroatoms. The summed E-state index contributed by atoms with van der Waals surface area (Å²) < 4.78 is 8.14. The number of hydrogen-bond donors (Lipinski definition) is 3. The van der Waals surface area contributed by atoms with Crippen LogP contribution in [0.1, 0.15) is 6.92 Å². The molecule has 0 spiro atoms. The molecule has 1 atom stereocenters. The van der Waals surface area contributed by atoms with Crippen molar-refractivity contribution in [2.24, 2.45) is 5.73 Å². The summed E-state index contributed by atoms with van der Waals surface area (Å²) in [6.07, 6.45) is 0. The summed E-state index contributed by atoms with van der Waals surface area (Å²) >= 11 is 13.1. The molecule has 0 fully saturated rings. The number of benzene rings is 1. The maximum Gasteiger partial charge on any atom is 0.318 e. The van der Waals surface area contributed by atoms with Crippen molar-refractivity contribution in [3.63, 3.8) is 0 Å². The quantitative estimate of drug-likeness (QED) is 0.795. The number of imide groups is 1. The average molecular weight is 334 g/mol. The van der Waals surface area contributed by atoms with Gasteiger partial charge in [0.2, 0.25) is 5.91 Å². The molecule has 1 heterocycles. The summed E-state index contributed by atoms with van der Waals surface area (Å²) in [6, 6.07) is -0.161. The van der Waals surface area contributed by atoms with E-state index in [0.29, 0.717) is 26.8 Å². The molecule has 3 amide bonds. The van der Waals surface area contributed by atoms with E-state index in [9.17, 15) is 9.59 Å². The van der Waals surface area contributed by atoms with Crippen molar-refractivity contribution < 1.29 is 9.59 Å². The number of amides is 3. The zero-order valence-corrected chi connectivity index (χ0v) is 12.4. The molecule has 2 aromatic rings. The lowest BCUT2D eigenvalue weighted by Crippen LogP contribution is -2.43. The Hall–Kier alpha value is -1.64. The van der Waals surface area contributed by atoms with E-state index in [1.807, 2.05) is 5.32 Å². The maximum atomic E-state index is 11.6. The molecule has 106 valence electrons. The number of nitrogens with one attached hydrogen (secondary N) is 2. The van der Waals surface area contributed by atoms with Crippen molar-refractivity contribution in [3.8, 4) is 0 Å². The lowest BCUT2D eigenvalue weighted by Gasteiger charge is -2.15. The van der Waals surface area contributed by atoms with E-state index in [0.717, 1.165) is 11.7 Å². The van der Waals surface area contributed by atoms with E-state index >= 15 is 0 Å². The van der Waals surface area contributed by atoms with Gasteiger partial charge in [-0.1, -0.05) is 23.2 Å². The molecule has 4 N–H and O–H groups in total. The first-order valence-corrected chi connectivity index (χ1v) is 6.86. The second-order valence-corrected chi connectivity index (χ2v) is 5.24. The van der Waals surface area contributed by atoms with Gasteiger partial charge in [0.1, 0.15) is 17.1 Å². The Labute approximate surface area is 127 Å². The fourth-order valence-electron chi connectivity index (χ4n) is 1.52. The third kappa shape index (κ3) is 2.92. The molecule has 20 heavy (non-hydrogen) atoms. The van der Waals surface area contributed by atoms with Crippen LogP contribution < -0.4 is 16.4 Å². The smallest absolute Gasteiger partial charge is 0.318 e. The minimum Gasteiger partial charge on any atom is -0.371 e. The number of anilines is 1. The first-order valence-electron chi connectivity index (χ1n) is 5.37. The van der Waals surface area contributed by atoms with Crippen molar-refractivity contribution in [3.05, 3.63) is 16.1 Å². The van der Waals surface area contributed by atoms with Gasteiger partial charge in [-0.3, -0.25) is 10.1 Å². The Morgan fingerprint density at radius 2 is 1.95 bits per heavy atom. The Balaban J connectivity index is 2.32. The first-order chi connectivity index (χ1) is 9.40. The molecular weight excluding hydrogens is 325 g/mol. The monoisotopic (exact) mass is 333 g/mol. The summed E-state index contributed by atoms with van der Waals surface area (Å²) in [5, 5.41) is 5.51. The molecule has 0 aliphatic rings. The van der Waals surface area contributed by atoms with Crippen LogP contribution in [0.25, 0.3) is 11.0 Å². The molecule has 0 saturated heterocycles.